The lowest BCUT2D eigenvalue weighted by Crippen LogP contribution is -2.36. The van der Waals surface area contributed by atoms with Gasteiger partial charge in [-0.1, -0.05) is 0 Å². The van der Waals surface area contributed by atoms with Crippen molar-refractivity contribution in [3.8, 4) is 5.88 Å². The number of aromatic nitrogens is 3. The molecule has 0 aromatic carbocycles. The Kier molecular flexibility index (Phi) is 5.82. The lowest BCUT2D eigenvalue weighted by molar-refractivity contribution is 0.0653. The Morgan fingerprint density at radius 1 is 1.31 bits per heavy atom. The summed E-state index contributed by atoms with van der Waals surface area (Å²) in [4.78, 5) is 39.3. The number of nitrogens with zero attached hydrogens (tertiary/aromatic N) is 4. The average Bonchev–Trinajstić information content (AvgIpc) is 2.73. The van der Waals surface area contributed by atoms with E-state index in [2.05, 4.69) is 25.4 Å². The second-order valence-electron chi connectivity index (χ2n) is 5.27. The fraction of sp³-hybridized carbons (Fsp3) is 0.200. The van der Waals surface area contributed by atoms with Crippen molar-refractivity contribution in [3.63, 3.8) is 0 Å². The summed E-state index contributed by atoms with van der Waals surface area (Å²) in [6.07, 6.45) is 1.64. The minimum atomic E-state index is -4.44. The number of carbonyl (C=O) groups is 2. The number of ether oxygens (including phenoxy) is 2. The summed E-state index contributed by atoms with van der Waals surface area (Å²) in [6, 6.07) is 2.92. The van der Waals surface area contributed by atoms with E-state index >= 15 is 0 Å². The number of anilines is 1. The van der Waals surface area contributed by atoms with Gasteiger partial charge in [0.25, 0.3) is 15.9 Å². The molecule has 14 heteroatoms. The van der Waals surface area contributed by atoms with E-state index in [1.807, 2.05) is 0 Å². The number of carbonyl (C=O) groups excluding carboxylic acids is 2. The molecule has 0 unspecified atom stereocenters. The predicted octanol–water partition coefficient (Wildman–Crippen LogP) is -0.0885. The topological polar surface area (TPSA) is 171 Å². The van der Waals surface area contributed by atoms with Gasteiger partial charge in [0.05, 0.1) is 12.7 Å². The summed E-state index contributed by atoms with van der Waals surface area (Å²) in [6.45, 7) is 0.392. The maximum atomic E-state index is 12.6. The van der Waals surface area contributed by atoms with Gasteiger partial charge in [-0.25, -0.2) is 19.5 Å². The van der Waals surface area contributed by atoms with E-state index in [9.17, 15) is 18.0 Å². The van der Waals surface area contributed by atoms with Gasteiger partial charge >= 0.3 is 6.03 Å². The van der Waals surface area contributed by atoms with E-state index in [4.69, 9.17) is 14.3 Å². The van der Waals surface area contributed by atoms with Gasteiger partial charge in [0.1, 0.15) is 12.3 Å². The number of nitrogens with one attached hydrogen (secondary N) is 2. The number of hydrogen-bond donors (Lipinski definition) is 2. The van der Waals surface area contributed by atoms with Crippen LogP contribution in [0, 0.1) is 0 Å². The van der Waals surface area contributed by atoms with Gasteiger partial charge in [0.15, 0.2) is 17.9 Å². The Labute approximate surface area is 164 Å². The number of aldehydes is 1. The maximum absolute atomic E-state index is 12.6. The Morgan fingerprint density at radius 3 is 2.83 bits per heavy atom. The van der Waals surface area contributed by atoms with E-state index in [-0.39, 0.29) is 42.2 Å². The molecule has 0 saturated heterocycles. The van der Waals surface area contributed by atoms with Crippen molar-refractivity contribution in [1.82, 2.24) is 19.7 Å². The molecule has 152 valence electrons. The zero-order valence-electron chi connectivity index (χ0n) is 14.9. The van der Waals surface area contributed by atoms with Gasteiger partial charge in [-0.3, -0.25) is 10.1 Å². The first kappa shape index (κ1) is 19.9. The molecule has 1 aliphatic rings. The smallest absolute Gasteiger partial charge is 0.335 e. The molecule has 0 atom stereocenters. The molecule has 2 aromatic heterocycles. The van der Waals surface area contributed by atoms with E-state index in [0.717, 1.165) is 0 Å². The number of pyridine rings is 1. The van der Waals surface area contributed by atoms with Gasteiger partial charge in [0.2, 0.25) is 11.8 Å². The summed E-state index contributed by atoms with van der Waals surface area (Å²) < 4.78 is 37.2. The van der Waals surface area contributed by atoms with E-state index in [0.29, 0.717) is 6.29 Å². The van der Waals surface area contributed by atoms with Gasteiger partial charge in [0, 0.05) is 12.3 Å². The largest absolute Gasteiger partial charge is 0.481 e. The second-order valence-corrected chi connectivity index (χ2v) is 6.87. The fourth-order valence-electron chi connectivity index (χ4n) is 2.16. The molecule has 3 rings (SSSR count). The highest BCUT2D eigenvalue weighted by atomic mass is 32.2. The number of oxime groups is 1. The quantitative estimate of drug-likeness (QED) is 0.599. The summed E-state index contributed by atoms with van der Waals surface area (Å²) >= 11 is 0. The van der Waals surface area contributed by atoms with E-state index in [1.54, 1.807) is 4.72 Å². The molecule has 1 aliphatic heterocycles. The van der Waals surface area contributed by atoms with Crippen molar-refractivity contribution in [3.05, 3.63) is 35.7 Å². The minimum Gasteiger partial charge on any atom is -0.481 e. The molecule has 2 amide bonds. The molecule has 0 spiro atoms. The van der Waals surface area contributed by atoms with E-state index < -0.39 is 21.1 Å². The Balaban J connectivity index is 1.82. The van der Waals surface area contributed by atoms with Crippen LogP contribution in [0.5, 0.6) is 5.88 Å². The van der Waals surface area contributed by atoms with Crippen molar-refractivity contribution < 1.29 is 32.3 Å². The van der Waals surface area contributed by atoms with Crippen LogP contribution in [0.1, 0.15) is 16.1 Å². The van der Waals surface area contributed by atoms with Crippen LogP contribution >= 0.6 is 0 Å². The number of urea groups is 1. The molecule has 13 nitrogen and oxygen atoms in total. The van der Waals surface area contributed by atoms with Crippen molar-refractivity contribution in [2.75, 3.05) is 25.6 Å². The molecular formula is C15H14N6O7S. The molecular weight excluding hydrogens is 408 g/mol. The zero-order valence-corrected chi connectivity index (χ0v) is 15.7. The molecule has 2 N–H and O–H groups in total. The molecule has 0 saturated carbocycles. The Bertz CT molecular complexity index is 1070. The molecule has 3 heterocycles. The number of sulfonamides is 1. The standard InChI is InChI=1S/C15H14N6O7S/c1-26-11-7-9(8-22)17-14(18-11)19-15(23)21-29(24,25)13-10(3-2-4-16-13)12-20-28-6-5-27-12/h2-4,7-8H,5-6H2,1H3,(H2,17,18,19,21,23). The van der Waals surface area contributed by atoms with Crippen LogP contribution in [-0.4, -0.2) is 61.9 Å². The highest BCUT2D eigenvalue weighted by molar-refractivity contribution is 7.90. The Morgan fingerprint density at radius 2 is 2.14 bits per heavy atom. The van der Waals surface area contributed by atoms with Crippen LogP contribution in [0.25, 0.3) is 0 Å². The number of rotatable bonds is 6. The monoisotopic (exact) mass is 422 g/mol. The predicted molar refractivity (Wildman–Crippen MR) is 96.0 cm³/mol. The van der Waals surface area contributed by atoms with Crippen LogP contribution in [0.2, 0.25) is 0 Å². The fourth-order valence-corrected chi connectivity index (χ4v) is 3.20. The molecule has 0 aliphatic carbocycles. The molecule has 0 fully saturated rings. The number of methoxy groups -OCH3 is 1. The average molecular weight is 422 g/mol. The van der Waals surface area contributed by atoms with Crippen LogP contribution in [0.15, 0.2) is 34.6 Å². The lowest BCUT2D eigenvalue weighted by atomic mass is 10.3. The second kappa shape index (κ2) is 8.47. The summed E-state index contributed by atoms with van der Waals surface area (Å²) in [5.74, 6) is -0.426. The van der Waals surface area contributed by atoms with E-state index in [1.165, 1.54) is 31.5 Å². The van der Waals surface area contributed by atoms with Crippen LogP contribution in [-0.2, 0) is 19.6 Å². The normalized spacial score (nSPS) is 13.3. The Hall–Kier alpha value is -3.81. The molecule has 0 radical (unpaired) electrons. The first-order valence-electron chi connectivity index (χ1n) is 7.93. The third-order valence-electron chi connectivity index (χ3n) is 3.32. The summed E-state index contributed by atoms with van der Waals surface area (Å²) in [5.41, 5.74) is -0.0668. The summed E-state index contributed by atoms with van der Waals surface area (Å²) in [5, 5.41) is 5.27. The van der Waals surface area contributed by atoms with Gasteiger partial charge in [-0.15, -0.1) is 0 Å². The SMILES string of the molecule is COc1cc(C=O)nc(NC(=O)NS(=O)(=O)c2ncccc2C2=NOCCO2)n1. The minimum absolute atomic E-state index is 0.000252. The van der Waals surface area contributed by atoms with Crippen molar-refractivity contribution in [2.45, 2.75) is 5.03 Å². The number of amides is 2. The highest BCUT2D eigenvalue weighted by Gasteiger charge is 2.27. The van der Waals surface area contributed by atoms with Crippen molar-refractivity contribution in [2.24, 2.45) is 5.16 Å². The summed E-state index contributed by atoms with van der Waals surface area (Å²) in [7, 11) is -3.14. The van der Waals surface area contributed by atoms with Crippen LogP contribution < -0.4 is 14.8 Å². The molecule has 29 heavy (non-hydrogen) atoms. The first-order valence-corrected chi connectivity index (χ1v) is 9.41. The maximum Gasteiger partial charge on any atom is 0.335 e. The van der Waals surface area contributed by atoms with Gasteiger partial charge < -0.3 is 14.3 Å². The lowest BCUT2D eigenvalue weighted by Gasteiger charge is -2.15. The molecule has 2 aromatic rings. The van der Waals surface area contributed by atoms with Crippen LogP contribution in [0.3, 0.4) is 0 Å². The third kappa shape index (κ3) is 4.73. The zero-order chi connectivity index (χ0) is 20.9. The first-order chi connectivity index (χ1) is 13.9. The highest BCUT2D eigenvalue weighted by Crippen LogP contribution is 2.16. The van der Waals surface area contributed by atoms with Gasteiger partial charge in [-0.2, -0.15) is 13.4 Å². The van der Waals surface area contributed by atoms with Gasteiger partial charge in [-0.05, 0) is 17.3 Å². The van der Waals surface area contributed by atoms with Crippen molar-refractivity contribution in [1.29, 1.82) is 0 Å². The number of hydrogen-bond acceptors (Lipinski definition) is 11. The third-order valence-corrected chi connectivity index (χ3v) is 4.61. The van der Waals surface area contributed by atoms with Crippen LogP contribution in [0.4, 0.5) is 10.7 Å². The molecule has 0 bridgehead atoms. The van der Waals surface area contributed by atoms with Crippen molar-refractivity contribution >= 4 is 34.2 Å².